The second kappa shape index (κ2) is 5.90. The molecule has 0 atom stereocenters. The Morgan fingerprint density at radius 3 is 2.41 bits per heavy atom. The topological polar surface area (TPSA) is 26.8 Å². The van der Waals surface area contributed by atoms with Gasteiger partial charge in [0.05, 0.1) is 6.67 Å². The lowest BCUT2D eigenvalue weighted by Gasteiger charge is -2.24. The molecule has 17 heavy (non-hydrogen) atoms. The van der Waals surface area contributed by atoms with Gasteiger partial charge in [-0.1, -0.05) is 18.2 Å². The third-order valence-corrected chi connectivity index (χ3v) is 2.55. The molecule has 1 heterocycles. The first-order valence-electron chi connectivity index (χ1n) is 5.16. The number of benzene rings is 1. The number of anilines is 1. The van der Waals surface area contributed by atoms with Gasteiger partial charge in [0.25, 0.3) is 0 Å². The first-order chi connectivity index (χ1) is 7.68. The molecule has 0 spiro atoms. The molecule has 92 valence electrons. The number of carbonyl (C=O) groups is 1. The molecule has 5 heteroatoms. The minimum atomic E-state index is -0.0215. The van der Waals surface area contributed by atoms with Crippen LogP contribution in [0.15, 0.2) is 42.7 Å². The Labute approximate surface area is 119 Å². The number of carbonyl (C=O) groups excluding carboxylic acids is 1. The fraction of sp³-hybridized carbons (Fsp3) is 0.250. The Bertz CT molecular complexity index is 407. The van der Waals surface area contributed by atoms with Gasteiger partial charge in [0.1, 0.15) is 0 Å². The second-order valence-electron chi connectivity index (χ2n) is 3.84. The van der Waals surface area contributed by atoms with Crippen molar-refractivity contribution in [1.82, 2.24) is 9.80 Å². The lowest BCUT2D eigenvalue weighted by Crippen LogP contribution is -2.39. The molecule has 0 unspecified atom stereocenters. The van der Waals surface area contributed by atoms with Gasteiger partial charge in [-0.25, -0.2) is 4.79 Å². The van der Waals surface area contributed by atoms with E-state index < -0.39 is 0 Å². The zero-order valence-electron chi connectivity index (χ0n) is 9.91. The van der Waals surface area contributed by atoms with Crippen molar-refractivity contribution in [2.75, 3.05) is 25.7 Å². The fourth-order valence-corrected chi connectivity index (χ4v) is 1.61. The Morgan fingerprint density at radius 2 is 1.88 bits per heavy atom. The minimum Gasteiger partial charge on any atom is -0.361 e. The number of hydrogen-bond donors (Lipinski definition) is 0. The molecule has 0 aromatic heterocycles. The largest absolute Gasteiger partial charge is 0.361 e. The summed E-state index contributed by atoms with van der Waals surface area (Å²) in [6.45, 7) is 0.607. The van der Waals surface area contributed by atoms with Crippen LogP contribution in [0.4, 0.5) is 10.5 Å². The first kappa shape index (κ1) is 13.8. The zero-order chi connectivity index (χ0) is 11.5. The Hall–Kier alpha value is -1.24. The maximum Gasteiger partial charge on any atom is 0.329 e. The van der Waals surface area contributed by atoms with E-state index in [0.29, 0.717) is 6.67 Å². The van der Waals surface area contributed by atoms with Gasteiger partial charge in [0.2, 0.25) is 0 Å². The number of para-hydroxylation sites is 1. The summed E-state index contributed by atoms with van der Waals surface area (Å²) in [6.07, 6.45) is 3.68. The number of amides is 2. The van der Waals surface area contributed by atoms with E-state index in [0.717, 1.165) is 5.69 Å². The lowest BCUT2D eigenvalue weighted by molar-refractivity contribution is 0.215. The van der Waals surface area contributed by atoms with Gasteiger partial charge in [-0.2, -0.15) is 0 Å². The highest BCUT2D eigenvalue weighted by Gasteiger charge is 2.20. The smallest absolute Gasteiger partial charge is 0.329 e. The molecule has 0 N–H and O–H groups in total. The van der Waals surface area contributed by atoms with Crippen LogP contribution in [0.3, 0.4) is 0 Å². The third kappa shape index (κ3) is 3.12. The second-order valence-corrected chi connectivity index (χ2v) is 3.84. The van der Waals surface area contributed by atoms with Crippen molar-refractivity contribution >= 4 is 35.7 Å². The fourth-order valence-electron chi connectivity index (χ4n) is 1.61. The highest BCUT2D eigenvalue weighted by atomic mass is 127. The molecule has 2 amide bonds. The summed E-state index contributed by atoms with van der Waals surface area (Å²) in [5.74, 6) is 0. The van der Waals surface area contributed by atoms with Crippen molar-refractivity contribution in [2.45, 2.75) is 0 Å². The van der Waals surface area contributed by atoms with Gasteiger partial charge < -0.3 is 4.90 Å². The van der Waals surface area contributed by atoms with Crippen molar-refractivity contribution in [3.05, 3.63) is 42.7 Å². The summed E-state index contributed by atoms with van der Waals surface area (Å²) >= 11 is 0. The SMILES string of the molecule is CN1C=CN(C(=O)N(C)c2ccccc2)C1.I. The molecule has 2 rings (SSSR count). The van der Waals surface area contributed by atoms with Gasteiger partial charge in [0.15, 0.2) is 0 Å². The molecule has 1 aromatic carbocycles. The molecular weight excluding hydrogens is 329 g/mol. The molecule has 1 aliphatic rings. The molecule has 1 aliphatic heterocycles. The van der Waals surface area contributed by atoms with Crippen LogP contribution < -0.4 is 4.90 Å². The Balaban J connectivity index is 0.00000144. The van der Waals surface area contributed by atoms with Crippen molar-refractivity contribution in [3.63, 3.8) is 0 Å². The van der Waals surface area contributed by atoms with Crippen LogP contribution >= 0.6 is 24.0 Å². The van der Waals surface area contributed by atoms with E-state index in [1.54, 1.807) is 23.0 Å². The predicted octanol–water partition coefficient (Wildman–Crippen LogP) is 2.54. The van der Waals surface area contributed by atoms with E-state index >= 15 is 0 Å². The number of urea groups is 1. The van der Waals surface area contributed by atoms with Crippen LogP contribution in [0.5, 0.6) is 0 Å². The molecule has 0 saturated heterocycles. The van der Waals surface area contributed by atoms with Crippen molar-refractivity contribution < 1.29 is 4.79 Å². The van der Waals surface area contributed by atoms with Gasteiger partial charge in [-0.05, 0) is 12.1 Å². The summed E-state index contributed by atoms with van der Waals surface area (Å²) in [5.41, 5.74) is 0.899. The standard InChI is InChI=1S/C12H15N3O.HI/c1-13-8-9-15(10-13)12(16)14(2)11-6-4-3-5-7-11;/h3-9H,10H2,1-2H3;1H. The average Bonchev–Trinajstić information content (AvgIpc) is 2.75. The van der Waals surface area contributed by atoms with Crippen LogP contribution in [-0.2, 0) is 0 Å². The zero-order valence-corrected chi connectivity index (χ0v) is 12.2. The van der Waals surface area contributed by atoms with Crippen molar-refractivity contribution in [2.24, 2.45) is 0 Å². The van der Waals surface area contributed by atoms with E-state index in [9.17, 15) is 4.79 Å². The maximum absolute atomic E-state index is 12.1. The number of hydrogen-bond acceptors (Lipinski definition) is 2. The summed E-state index contributed by atoms with van der Waals surface area (Å²) in [7, 11) is 3.72. The van der Waals surface area contributed by atoms with Crippen LogP contribution in [-0.4, -0.2) is 36.6 Å². The first-order valence-corrected chi connectivity index (χ1v) is 5.16. The van der Waals surface area contributed by atoms with Crippen LogP contribution in [0.25, 0.3) is 0 Å². The van der Waals surface area contributed by atoms with Crippen LogP contribution in [0.1, 0.15) is 0 Å². The summed E-state index contributed by atoms with van der Waals surface area (Å²) < 4.78 is 0. The molecule has 0 fully saturated rings. The molecule has 0 radical (unpaired) electrons. The van der Waals surface area contributed by atoms with Gasteiger partial charge in [-0.15, -0.1) is 24.0 Å². The monoisotopic (exact) mass is 345 g/mol. The van der Waals surface area contributed by atoms with E-state index in [2.05, 4.69) is 0 Å². The third-order valence-electron chi connectivity index (χ3n) is 2.55. The molecule has 0 saturated carbocycles. The molecule has 4 nitrogen and oxygen atoms in total. The van der Waals surface area contributed by atoms with Crippen molar-refractivity contribution in [3.8, 4) is 0 Å². The Morgan fingerprint density at radius 1 is 1.24 bits per heavy atom. The molecule has 0 aliphatic carbocycles. The normalized spacial score (nSPS) is 13.5. The van der Waals surface area contributed by atoms with Crippen LogP contribution in [0.2, 0.25) is 0 Å². The van der Waals surface area contributed by atoms with E-state index in [-0.39, 0.29) is 30.0 Å². The molecular formula is C12H16IN3O. The maximum atomic E-state index is 12.1. The quantitative estimate of drug-likeness (QED) is 0.732. The number of nitrogens with zero attached hydrogens (tertiary/aromatic N) is 3. The average molecular weight is 345 g/mol. The van der Waals surface area contributed by atoms with Crippen LogP contribution in [0, 0.1) is 0 Å². The predicted molar refractivity (Wildman–Crippen MR) is 79.3 cm³/mol. The van der Waals surface area contributed by atoms with E-state index in [1.165, 1.54) is 0 Å². The summed E-state index contributed by atoms with van der Waals surface area (Å²) in [4.78, 5) is 17.3. The Kier molecular flexibility index (Phi) is 4.80. The number of rotatable bonds is 1. The highest BCUT2D eigenvalue weighted by molar-refractivity contribution is 14.0. The van der Waals surface area contributed by atoms with E-state index in [1.807, 2.05) is 48.5 Å². The number of halogens is 1. The highest BCUT2D eigenvalue weighted by Crippen LogP contribution is 2.15. The lowest BCUT2D eigenvalue weighted by atomic mass is 10.3. The van der Waals surface area contributed by atoms with Gasteiger partial charge in [-0.3, -0.25) is 9.80 Å². The van der Waals surface area contributed by atoms with Crippen molar-refractivity contribution in [1.29, 1.82) is 0 Å². The van der Waals surface area contributed by atoms with Gasteiger partial charge >= 0.3 is 6.03 Å². The minimum absolute atomic E-state index is 0. The van der Waals surface area contributed by atoms with Gasteiger partial charge in [0, 0.05) is 32.2 Å². The van der Waals surface area contributed by atoms with E-state index in [4.69, 9.17) is 0 Å². The molecule has 1 aromatic rings. The molecule has 0 bridgehead atoms. The summed E-state index contributed by atoms with van der Waals surface area (Å²) in [5, 5.41) is 0. The summed E-state index contributed by atoms with van der Waals surface area (Å²) in [6, 6.07) is 9.59.